The fourth-order valence-electron chi connectivity index (χ4n) is 2.04. The maximum atomic E-state index is 11.8. The lowest BCUT2D eigenvalue weighted by molar-refractivity contribution is -0.117. The van der Waals surface area contributed by atoms with Gasteiger partial charge < -0.3 is 4.90 Å². The van der Waals surface area contributed by atoms with Crippen LogP contribution in [0.15, 0.2) is 12.1 Å². The normalized spacial score (nSPS) is 19.9. The van der Waals surface area contributed by atoms with E-state index in [0.717, 1.165) is 17.1 Å². The van der Waals surface area contributed by atoms with Crippen LogP contribution in [-0.4, -0.2) is 17.4 Å². The molecule has 0 bridgehead atoms. The highest BCUT2D eigenvalue weighted by molar-refractivity contribution is 5.96. The zero-order valence-corrected chi connectivity index (χ0v) is 9.53. The highest BCUT2D eigenvalue weighted by Gasteiger charge is 2.29. The van der Waals surface area contributed by atoms with Gasteiger partial charge in [0.25, 0.3) is 0 Å². The molecule has 0 N–H and O–H groups in total. The van der Waals surface area contributed by atoms with E-state index in [9.17, 15) is 4.79 Å². The van der Waals surface area contributed by atoms with Crippen LogP contribution in [0.25, 0.3) is 0 Å². The van der Waals surface area contributed by atoms with Crippen LogP contribution in [0.3, 0.4) is 0 Å². The van der Waals surface area contributed by atoms with Crippen molar-refractivity contribution in [2.45, 2.75) is 20.3 Å². The van der Waals surface area contributed by atoms with E-state index in [1.807, 2.05) is 26.0 Å². The molecular formula is C13H14N2O. The molecule has 1 aliphatic rings. The Balaban J connectivity index is 2.32. The third-order valence-electron chi connectivity index (χ3n) is 2.74. The lowest BCUT2D eigenvalue weighted by Gasteiger charge is -2.16. The molecule has 0 saturated carbocycles. The second-order valence-electron chi connectivity index (χ2n) is 4.18. The second-order valence-corrected chi connectivity index (χ2v) is 4.18. The maximum absolute atomic E-state index is 11.8. The summed E-state index contributed by atoms with van der Waals surface area (Å²) in [5.41, 5.74) is 2.76. The summed E-state index contributed by atoms with van der Waals surface area (Å²) in [7, 11) is 0. The second kappa shape index (κ2) is 3.97. The Bertz CT molecular complexity index is 453. The third kappa shape index (κ3) is 1.92. The molecule has 2 rings (SSSR count). The van der Waals surface area contributed by atoms with Crippen LogP contribution < -0.4 is 4.90 Å². The monoisotopic (exact) mass is 214 g/mol. The van der Waals surface area contributed by atoms with Crippen LogP contribution in [0.2, 0.25) is 0 Å². The summed E-state index contributed by atoms with van der Waals surface area (Å²) < 4.78 is 0. The van der Waals surface area contributed by atoms with Crippen molar-refractivity contribution in [2.75, 3.05) is 11.4 Å². The number of aromatic nitrogens is 1. The van der Waals surface area contributed by atoms with E-state index in [2.05, 4.69) is 10.9 Å². The molecule has 0 spiro atoms. The summed E-state index contributed by atoms with van der Waals surface area (Å²) in [4.78, 5) is 17.8. The zero-order valence-electron chi connectivity index (χ0n) is 9.53. The lowest BCUT2D eigenvalue weighted by atomic mass is 10.1. The lowest BCUT2D eigenvalue weighted by Crippen LogP contribution is -2.24. The van der Waals surface area contributed by atoms with Crippen LogP contribution in [-0.2, 0) is 4.79 Å². The average molecular weight is 214 g/mol. The number of hydrogen-bond donors (Lipinski definition) is 0. The summed E-state index contributed by atoms with van der Waals surface area (Å²) in [6, 6.07) is 3.84. The topological polar surface area (TPSA) is 33.2 Å². The molecule has 0 aliphatic carbocycles. The van der Waals surface area contributed by atoms with E-state index in [1.54, 1.807) is 4.90 Å². The Morgan fingerprint density at radius 1 is 1.44 bits per heavy atom. The Morgan fingerprint density at radius 2 is 2.06 bits per heavy atom. The van der Waals surface area contributed by atoms with E-state index in [4.69, 9.17) is 6.42 Å². The van der Waals surface area contributed by atoms with E-state index in [-0.39, 0.29) is 11.8 Å². The smallest absolute Gasteiger partial charge is 0.228 e. The fourth-order valence-corrected chi connectivity index (χ4v) is 2.04. The van der Waals surface area contributed by atoms with Gasteiger partial charge in [-0.05, 0) is 26.0 Å². The van der Waals surface area contributed by atoms with Gasteiger partial charge in [-0.2, -0.15) is 0 Å². The number of pyridine rings is 1. The van der Waals surface area contributed by atoms with Crippen LogP contribution in [0.4, 0.5) is 5.69 Å². The number of amides is 1. The standard InChI is InChI=1S/C13H14N2O/c1-4-11-7-13(16)15(8-11)12-5-9(2)14-10(3)6-12/h1,5-6,11H,7-8H2,2-3H3. The molecule has 0 radical (unpaired) electrons. The van der Waals surface area contributed by atoms with Gasteiger partial charge in [0.1, 0.15) is 0 Å². The van der Waals surface area contributed by atoms with Gasteiger partial charge in [0.05, 0.1) is 0 Å². The molecule has 1 atom stereocenters. The molecule has 0 aromatic carbocycles. The maximum Gasteiger partial charge on any atom is 0.228 e. The van der Waals surface area contributed by atoms with Crippen molar-refractivity contribution in [2.24, 2.45) is 5.92 Å². The Labute approximate surface area is 95.5 Å². The summed E-state index contributed by atoms with van der Waals surface area (Å²) in [6.45, 7) is 4.48. The van der Waals surface area contributed by atoms with Gasteiger partial charge in [-0.25, -0.2) is 0 Å². The van der Waals surface area contributed by atoms with Crippen molar-refractivity contribution in [3.05, 3.63) is 23.5 Å². The molecule has 1 aromatic heterocycles. The van der Waals surface area contributed by atoms with Crippen molar-refractivity contribution in [1.29, 1.82) is 0 Å². The third-order valence-corrected chi connectivity index (χ3v) is 2.74. The van der Waals surface area contributed by atoms with Crippen molar-refractivity contribution >= 4 is 11.6 Å². The van der Waals surface area contributed by atoms with Gasteiger partial charge in [-0.1, -0.05) is 0 Å². The zero-order chi connectivity index (χ0) is 11.7. The molecule has 1 fully saturated rings. The average Bonchev–Trinajstić information content (AvgIpc) is 2.58. The molecule has 1 unspecified atom stereocenters. The number of rotatable bonds is 1. The SMILES string of the molecule is C#CC1CC(=O)N(c2cc(C)nc(C)c2)C1. The molecular weight excluding hydrogens is 200 g/mol. The first kappa shape index (κ1) is 10.7. The minimum absolute atomic E-state index is 0.0428. The van der Waals surface area contributed by atoms with Crippen LogP contribution in [0.5, 0.6) is 0 Å². The van der Waals surface area contributed by atoms with Crippen molar-refractivity contribution in [3.8, 4) is 12.3 Å². The first-order valence-corrected chi connectivity index (χ1v) is 5.32. The first-order chi connectivity index (χ1) is 7.60. The summed E-state index contributed by atoms with van der Waals surface area (Å²) >= 11 is 0. The number of carbonyl (C=O) groups is 1. The largest absolute Gasteiger partial charge is 0.311 e. The van der Waals surface area contributed by atoms with Gasteiger partial charge in [-0.15, -0.1) is 12.3 Å². The first-order valence-electron chi connectivity index (χ1n) is 5.32. The summed E-state index contributed by atoms with van der Waals surface area (Å²) in [6.07, 6.45) is 5.81. The minimum Gasteiger partial charge on any atom is -0.311 e. The Kier molecular flexibility index (Phi) is 2.66. The van der Waals surface area contributed by atoms with Crippen molar-refractivity contribution < 1.29 is 4.79 Å². The molecule has 1 aromatic rings. The number of anilines is 1. The highest BCUT2D eigenvalue weighted by Crippen LogP contribution is 2.25. The Morgan fingerprint density at radius 3 is 2.56 bits per heavy atom. The van der Waals surface area contributed by atoms with Gasteiger partial charge in [0.15, 0.2) is 0 Å². The molecule has 82 valence electrons. The van der Waals surface area contributed by atoms with E-state index < -0.39 is 0 Å². The number of nitrogens with zero attached hydrogens (tertiary/aromatic N) is 2. The summed E-state index contributed by atoms with van der Waals surface area (Å²) in [5, 5.41) is 0. The Hall–Kier alpha value is -1.82. The molecule has 2 heterocycles. The van der Waals surface area contributed by atoms with Gasteiger partial charge >= 0.3 is 0 Å². The molecule has 16 heavy (non-hydrogen) atoms. The number of carbonyl (C=O) groups excluding carboxylic acids is 1. The summed E-state index contributed by atoms with van der Waals surface area (Å²) in [5.74, 6) is 2.79. The van der Waals surface area contributed by atoms with E-state index in [1.165, 1.54) is 0 Å². The molecule has 3 heteroatoms. The number of terminal acetylenes is 1. The van der Waals surface area contributed by atoms with Gasteiger partial charge in [-0.3, -0.25) is 9.78 Å². The van der Waals surface area contributed by atoms with Gasteiger partial charge in [0, 0.05) is 36.0 Å². The predicted molar refractivity (Wildman–Crippen MR) is 63.0 cm³/mol. The minimum atomic E-state index is 0.0428. The molecule has 1 aliphatic heterocycles. The van der Waals surface area contributed by atoms with Crippen molar-refractivity contribution in [1.82, 2.24) is 4.98 Å². The van der Waals surface area contributed by atoms with E-state index >= 15 is 0 Å². The number of hydrogen-bond acceptors (Lipinski definition) is 2. The van der Waals surface area contributed by atoms with Crippen LogP contribution in [0, 0.1) is 32.1 Å². The quantitative estimate of drug-likeness (QED) is 0.666. The predicted octanol–water partition coefficient (Wildman–Crippen LogP) is 1.68. The van der Waals surface area contributed by atoms with E-state index in [0.29, 0.717) is 13.0 Å². The van der Waals surface area contributed by atoms with Crippen molar-refractivity contribution in [3.63, 3.8) is 0 Å². The fraction of sp³-hybridized carbons (Fsp3) is 0.385. The number of aryl methyl sites for hydroxylation is 2. The van der Waals surface area contributed by atoms with Crippen LogP contribution in [0.1, 0.15) is 17.8 Å². The molecule has 1 saturated heterocycles. The van der Waals surface area contributed by atoms with Gasteiger partial charge in [0.2, 0.25) is 5.91 Å². The van der Waals surface area contributed by atoms with Crippen LogP contribution >= 0.6 is 0 Å². The molecule has 1 amide bonds. The highest BCUT2D eigenvalue weighted by atomic mass is 16.2. The molecule has 3 nitrogen and oxygen atoms in total.